The van der Waals surface area contributed by atoms with Crippen molar-refractivity contribution >= 4 is 5.97 Å². The summed E-state index contributed by atoms with van der Waals surface area (Å²) in [4.78, 5) is 12.0. The Morgan fingerprint density at radius 1 is 1.45 bits per heavy atom. The molecule has 22 heavy (non-hydrogen) atoms. The Hall–Kier alpha value is -1.39. The number of hydrogen-bond donors (Lipinski definition) is 2. The molecule has 1 aromatic carbocycles. The van der Waals surface area contributed by atoms with Gasteiger partial charge in [0.15, 0.2) is 0 Å². The highest BCUT2D eigenvalue weighted by atomic mass is 16.5. The Balaban J connectivity index is 2.12. The summed E-state index contributed by atoms with van der Waals surface area (Å²) in [6, 6.07) is 9.95. The Labute approximate surface area is 132 Å². The third-order valence-electron chi connectivity index (χ3n) is 4.56. The van der Waals surface area contributed by atoms with Crippen LogP contribution in [0.4, 0.5) is 0 Å². The first-order valence-corrected chi connectivity index (χ1v) is 8.28. The zero-order chi connectivity index (χ0) is 16.0. The molecule has 0 unspecified atom stereocenters. The third kappa shape index (κ3) is 3.68. The second-order valence-corrected chi connectivity index (χ2v) is 6.16. The normalized spacial score (nSPS) is 26.0. The van der Waals surface area contributed by atoms with Crippen LogP contribution in [0.25, 0.3) is 0 Å². The van der Waals surface area contributed by atoms with E-state index in [1.165, 1.54) is 0 Å². The fourth-order valence-corrected chi connectivity index (χ4v) is 3.25. The first-order chi connectivity index (χ1) is 10.6. The maximum absolute atomic E-state index is 12.0. The molecule has 3 atom stereocenters. The van der Waals surface area contributed by atoms with Gasteiger partial charge in [0.2, 0.25) is 0 Å². The van der Waals surface area contributed by atoms with Crippen LogP contribution in [0.1, 0.15) is 57.6 Å². The number of benzene rings is 1. The number of nitrogens with one attached hydrogen (secondary N) is 1. The standard InChI is InChI=1S/C18H27NO3/c1-3-4-13-22-16-11-8-12-18(16,17(20)21)19-14(2)15-9-6-5-7-10-15/h5-7,9-10,14,16,19H,3-4,8,11-13H2,1-2H3,(H,20,21)/t14-,16-,18+/m0/s1. The van der Waals surface area contributed by atoms with E-state index in [1.807, 2.05) is 37.3 Å². The molecule has 0 amide bonds. The van der Waals surface area contributed by atoms with Crippen LogP contribution in [0.3, 0.4) is 0 Å². The molecule has 122 valence electrons. The van der Waals surface area contributed by atoms with Gasteiger partial charge in [-0.2, -0.15) is 0 Å². The van der Waals surface area contributed by atoms with E-state index < -0.39 is 11.5 Å². The smallest absolute Gasteiger partial charge is 0.326 e. The number of unbranched alkanes of at least 4 members (excludes halogenated alkanes) is 1. The predicted molar refractivity (Wildman–Crippen MR) is 86.9 cm³/mol. The molecule has 4 heteroatoms. The lowest BCUT2D eigenvalue weighted by molar-refractivity contribution is -0.151. The number of carboxylic acid groups (broad SMARTS) is 1. The summed E-state index contributed by atoms with van der Waals surface area (Å²) in [7, 11) is 0. The molecule has 2 rings (SSSR count). The molecule has 0 aromatic heterocycles. The molecule has 4 nitrogen and oxygen atoms in total. The van der Waals surface area contributed by atoms with Gasteiger partial charge in [-0.1, -0.05) is 43.7 Å². The van der Waals surface area contributed by atoms with Gasteiger partial charge in [-0.15, -0.1) is 0 Å². The Morgan fingerprint density at radius 2 is 2.18 bits per heavy atom. The molecular formula is C18H27NO3. The average Bonchev–Trinajstić information content (AvgIpc) is 2.92. The van der Waals surface area contributed by atoms with Crippen molar-refractivity contribution in [2.24, 2.45) is 0 Å². The quantitative estimate of drug-likeness (QED) is 0.721. The van der Waals surface area contributed by atoms with Gasteiger partial charge in [0.1, 0.15) is 5.54 Å². The van der Waals surface area contributed by atoms with Crippen molar-refractivity contribution in [1.82, 2.24) is 5.32 Å². The van der Waals surface area contributed by atoms with Gasteiger partial charge in [-0.25, -0.2) is 0 Å². The molecule has 0 aliphatic heterocycles. The first kappa shape index (κ1) is 17.0. The van der Waals surface area contributed by atoms with Crippen molar-refractivity contribution in [1.29, 1.82) is 0 Å². The second-order valence-electron chi connectivity index (χ2n) is 6.16. The third-order valence-corrected chi connectivity index (χ3v) is 4.56. The van der Waals surface area contributed by atoms with Crippen molar-refractivity contribution in [2.45, 2.75) is 63.6 Å². The van der Waals surface area contributed by atoms with Crippen LogP contribution in [0, 0.1) is 0 Å². The largest absolute Gasteiger partial charge is 0.480 e. The molecule has 0 heterocycles. The van der Waals surface area contributed by atoms with E-state index in [4.69, 9.17) is 4.74 Å². The molecule has 1 aromatic rings. The van der Waals surface area contributed by atoms with Crippen molar-refractivity contribution in [3.63, 3.8) is 0 Å². The van der Waals surface area contributed by atoms with E-state index in [0.29, 0.717) is 13.0 Å². The zero-order valence-corrected chi connectivity index (χ0v) is 13.5. The van der Waals surface area contributed by atoms with Gasteiger partial charge < -0.3 is 9.84 Å². The van der Waals surface area contributed by atoms with E-state index in [1.54, 1.807) is 0 Å². The summed E-state index contributed by atoms with van der Waals surface area (Å²) >= 11 is 0. The summed E-state index contributed by atoms with van der Waals surface area (Å²) in [5, 5.41) is 13.2. The van der Waals surface area contributed by atoms with Crippen LogP contribution in [-0.4, -0.2) is 29.3 Å². The van der Waals surface area contributed by atoms with Gasteiger partial charge >= 0.3 is 5.97 Å². The Morgan fingerprint density at radius 3 is 2.82 bits per heavy atom. The second kappa shape index (κ2) is 7.75. The van der Waals surface area contributed by atoms with Crippen molar-refractivity contribution in [2.75, 3.05) is 6.61 Å². The predicted octanol–water partition coefficient (Wildman–Crippen LogP) is 3.53. The van der Waals surface area contributed by atoms with E-state index in [2.05, 4.69) is 12.2 Å². The minimum absolute atomic E-state index is 0.0207. The van der Waals surface area contributed by atoms with Crippen molar-refractivity contribution in [3.05, 3.63) is 35.9 Å². The number of carboxylic acids is 1. The van der Waals surface area contributed by atoms with Crippen LogP contribution in [0.5, 0.6) is 0 Å². The summed E-state index contributed by atoms with van der Waals surface area (Å²) in [5.41, 5.74) is 0.130. The highest BCUT2D eigenvalue weighted by molar-refractivity contribution is 5.80. The number of ether oxygens (including phenoxy) is 1. The molecule has 2 N–H and O–H groups in total. The highest BCUT2D eigenvalue weighted by Gasteiger charge is 2.50. The summed E-state index contributed by atoms with van der Waals surface area (Å²) in [6.07, 6.45) is 4.10. The monoisotopic (exact) mass is 305 g/mol. The first-order valence-electron chi connectivity index (χ1n) is 8.28. The molecule has 0 bridgehead atoms. The lowest BCUT2D eigenvalue weighted by Crippen LogP contribution is -2.58. The molecule has 0 spiro atoms. The molecule has 1 fully saturated rings. The maximum atomic E-state index is 12.0. The van der Waals surface area contributed by atoms with Gasteiger partial charge in [0, 0.05) is 12.6 Å². The fourth-order valence-electron chi connectivity index (χ4n) is 3.25. The number of carbonyl (C=O) groups is 1. The molecular weight excluding hydrogens is 278 g/mol. The van der Waals surface area contributed by atoms with E-state index in [-0.39, 0.29) is 12.1 Å². The lowest BCUT2D eigenvalue weighted by atomic mass is 9.92. The molecule has 1 aliphatic rings. The molecule has 0 saturated heterocycles. The van der Waals surface area contributed by atoms with Crippen LogP contribution in [0.2, 0.25) is 0 Å². The van der Waals surface area contributed by atoms with Gasteiger partial charge in [-0.3, -0.25) is 10.1 Å². The minimum Gasteiger partial charge on any atom is -0.480 e. The summed E-state index contributed by atoms with van der Waals surface area (Å²) in [6.45, 7) is 4.76. The molecule has 1 aliphatic carbocycles. The Bertz CT molecular complexity index is 476. The lowest BCUT2D eigenvalue weighted by Gasteiger charge is -2.35. The average molecular weight is 305 g/mol. The van der Waals surface area contributed by atoms with Gasteiger partial charge in [0.05, 0.1) is 6.10 Å². The maximum Gasteiger partial charge on any atom is 0.326 e. The van der Waals surface area contributed by atoms with Crippen molar-refractivity contribution in [3.8, 4) is 0 Å². The zero-order valence-electron chi connectivity index (χ0n) is 13.5. The van der Waals surface area contributed by atoms with Gasteiger partial charge in [0.25, 0.3) is 0 Å². The van der Waals surface area contributed by atoms with E-state index in [0.717, 1.165) is 31.2 Å². The number of aliphatic carboxylic acids is 1. The molecule has 0 radical (unpaired) electrons. The molecule has 1 saturated carbocycles. The number of hydrogen-bond acceptors (Lipinski definition) is 3. The SMILES string of the molecule is CCCCO[C@H]1CCC[C@]1(N[C@@H](C)c1ccccc1)C(=O)O. The number of rotatable bonds is 8. The summed E-state index contributed by atoms with van der Waals surface area (Å²) < 4.78 is 5.91. The van der Waals surface area contributed by atoms with E-state index >= 15 is 0 Å². The van der Waals surface area contributed by atoms with Crippen LogP contribution < -0.4 is 5.32 Å². The topological polar surface area (TPSA) is 58.6 Å². The van der Waals surface area contributed by atoms with Crippen LogP contribution in [-0.2, 0) is 9.53 Å². The Kier molecular flexibility index (Phi) is 5.98. The van der Waals surface area contributed by atoms with Crippen LogP contribution in [0.15, 0.2) is 30.3 Å². The highest BCUT2D eigenvalue weighted by Crippen LogP contribution is 2.35. The minimum atomic E-state index is -0.969. The van der Waals surface area contributed by atoms with Crippen molar-refractivity contribution < 1.29 is 14.6 Å². The fraction of sp³-hybridized carbons (Fsp3) is 0.611. The summed E-state index contributed by atoms with van der Waals surface area (Å²) in [5.74, 6) is -0.797. The van der Waals surface area contributed by atoms with Crippen LogP contribution >= 0.6 is 0 Å². The van der Waals surface area contributed by atoms with Gasteiger partial charge in [-0.05, 0) is 38.2 Å². The van der Waals surface area contributed by atoms with E-state index in [9.17, 15) is 9.90 Å².